The van der Waals surface area contributed by atoms with E-state index in [1.54, 1.807) is 0 Å². The van der Waals surface area contributed by atoms with E-state index in [9.17, 15) is 0 Å². The molecule has 0 spiro atoms. The summed E-state index contributed by atoms with van der Waals surface area (Å²) in [7, 11) is 0. The molecule has 2 nitrogen and oxygen atoms in total. The van der Waals surface area contributed by atoms with Crippen molar-refractivity contribution in [3.05, 3.63) is 0 Å². The maximum absolute atomic E-state index is 8.16. The first-order valence-electron chi connectivity index (χ1n) is 3.96. The highest BCUT2D eigenvalue weighted by Gasteiger charge is 1.90. The van der Waals surface area contributed by atoms with Crippen LogP contribution in [0, 0.1) is 5.92 Å². The largest absolute Gasteiger partial charge is 0.371 e. The third-order valence-electron chi connectivity index (χ3n) is 0.931. The van der Waals surface area contributed by atoms with Gasteiger partial charge >= 0.3 is 0 Å². The summed E-state index contributed by atoms with van der Waals surface area (Å²) in [5, 5.41) is 8.16. The number of hydrogen-bond donors (Lipinski definition) is 1. The lowest BCUT2D eigenvalue weighted by Gasteiger charge is -2.01. The SMILES string of the molecule is CC.CC(C)CCOCO. The van der Waals surface area contributed by atoms with E-state index in [1.165, 1.54) is 0 Å². The van der Waals surface area contributed by atoms with Gasteiger partial charge in [-0.05, 0) is 12.3 Å². The van der Waals surface area contributed by atoms with Gasteiger partial charge in [0, 0.05) is 6.61 Å². The van der Waals surface area contributed by atoms with Gasteiger partial charge in [-0.3, -0.25) is 0 Å². The van der Waals surface area contributed by atoms with Gasteiger partial charge in [-0.1, -0.05) is 27.7 Å². The standard InChI is InChI=1S/C6H14O2.C2H6/c1-6(2)3-4-8-5-7;1-2/h6-7H,3-5H2,1-2H3;1-2H3. The molecule has 0 amide bonds. The zero-order valence-corrected chi connectivity index (χ0v) is 7.55. The van der Waals surface area contributed by atoms with Crippen LogP contribution >= 0.6 is 0 Å². The molecule has 64 valence electrons. The van der Waals surface area contributed by atoms with Gasteiger partial charge in [-0.25, -0.2) is 0 Å². The van der Waals surface area contributed by atoms with Crippen molar-refractivity contribution in [3.8, 4) is 0 Å². The molecule has 0 radical (unpaired) electrons. The Hall–Kier alpha value is -0.0800. The molecule has 0 saturated carbocycles. The lowest BCUT2D eigenvalue weighted by atomic mass is 10.1. The zero-order valence-electron chi connectivity index (χ0n) is 7.55. The summed E-state index contributed by atoms with van der Waals surface area (Å²) in [4.78, 5) is 0. The maximum atomic E-state index is 8.16. The maximum Gasteiger partial charge on any atom is 0.143 e. The summed E-state index contributed by atoms with van der Waals surface area (Å²) in [6.07, 6.45) is 1.03. The highest BCUT2D eigenvalue weighted by atomic mass is 16.6. The third-order valence-corrected chi connectivity index (χ3v) is 0.931. The lowest BCUT2D eigenvalue weighted by Crippen LogP contribution is -1.98. The Balaban J connectivity index is 0. The molecule has 2 heteroatoms. The van der Waals surface area contributed by atoms with Crippen molar-refractivity contribution in [2.75, 3.05) is 13.4 Å². The predicted molar refractivity (Wildman–Crippen MR) is 43.8 cm³/mol. The second-order valence-corrected chi connectivity index (χ2v) is 2.22. The Kier molecular flexibility index (Phi) is 14.7. The molecule has 0 aromatic carbocycles. The van der Waals surface area contributed by atoms with Crippen LogP contribution in [0.1, 0.15) is 34.1 Å². The van der Waals surface area contributed by atoms with Crippen molar-refractivity contribution in [3.63, 3.8) is 0 Å². The third kappa shape index (κ3) is 15.7. The molecule has 0 saturated heterocycles. The minimum atomic E-state index is -0.146. The zero-order chi connectivity index (χ0) is 8.41. The highest BCUT2D eigenvalue weighted by Crippen LogP contribution is 1.97. The Morgan fingerprint density at radius 1 is 1.30 bits per heavy atom. The van der Waals surface area contributed by atoms with Gasteiger partial charge in [-0.15, -0.1) is 0 Å². The molecule has 0 fully saturated rings. The quantitative estimate of drug-likeness (QED) is 0.488. The topological polar surface area (TPSA) is 29.5 Å². The molecule has 0 atom stereocenters. The van der Waals surface area contributed by atoms with Crippen LogP contribution in [0.2, 0.25) is 0 Å². The summed E-state index contributed by atoms with van der Waals surface area (Å²) in [6.45, 7) is 8.78. The van der Waals surface area contributed by atoms with Gasteiger partial charge in [0.05, 0.1) is 0 Å². The lowest BCUT2D eigenvalue weighted by molar-refractivity contribution is -0.00533. The first kappa shape index (κ1) is 12.6. The molecule has 0 aliphatic heterocycles. The van der Waals surface area contributed by atoms with E-state index < -0.39 is 0 Å². The number of hydrogen-bond acceptors (Lipinski definition) is 2. The van der Waals surface area contributed by atoms with Gasteiger partial charge in [0.25, 0.3) is 0 Å². The van der Waals surface area contributed by atoms with Crippen LogP contribution in [0.4, 0.5) is 0 Å². The number of aliphatic hydroxyl groups excluding tert-OH is 1. The molecule has 0 heterocycles. The van der Waals surface area contributed by atoms with E-state index in [2.05, 4.69) is 13.8 Å². The monoisotopic (exact) mass is 148 g/mol. The first-order valence-corrected chi connectivity index (χ1v) is 3.96. The highest BCUT2D eigenvalue weighted by molar-refractivity contribution is 4.40. The fourth-order valence-corrected chi connectivity index (χ4v) is 0.384. The van der Waals surface area contributed by atoms with Crippen LogP contribution < -0.4 is 0 Å². The van der Waals surface area contributed by atoms with E-state index in [4.69, 9.17) is 9.84 Å². The fourth-order valence-electron chi connectivity index (χ4n) is 0.384. The molecule has 0 aliphatic carbocycles. The summed E-state index contributed by atoms with van der Waals surface area (Å²) >= 11 is 0. The second-order valence-electron chi connectivity index (χ2n) is 2.22. The van der Waals surface area contributed by atoms with Crippen LogP contribution in [0.25, 0.3) is 0 Å². The van der Waals surface area contributed by atoms with Crippen LogP contribution in [0.5, 0.6) is 0 Å². The average molecular weight is 148 g/mol. The van der Waals surface area contributed by atoms with Crippen LogP contribution in [-0.4, -0.2) is 18.5 Å². The summed E-state index contributed by atoms with van der Waals surface area (Å²) in [6, 6.07) is 0. The second kappa shape index (κ2) is 11.7. The molecule has 0 aromatic rings. The number of aliphatic hydroxyl groups is 1. The van der Waals surface area contributed by atoms with Crippen LogP contribution in [0.15, 0.2) is 0 Å². The fraction of sp³-hybridized carbons (Fsp3) is 1.00. The van der Waals surface area contributed by atoms with Crippen LogP contribution in [0.3, 0.4) is 0 Å². The van der Waals surface area contributed by atoms with Crippen molar-refractivity contribution >= 4 is 0 Å². The molecule has 10 heavy (non-hydrogen) atoms. The molecule has 0 aromatic heterocycles. The molecular weight excluding hydrogens is 128 g/mol. The van der Waals surface area contributed by atoms with E-state index >= 15 is 0 Å². The van der Waals surface area contributed by atoms with Crippen molar-refractivity contribution in [1.82, 2.24) is 0 Å². The average Bonchev–Trinajstić information content (AvgIpc) is 1.92. The predicted octanol–water partition coefficient (Wildman–Crippen LogP) is 2.03. The van der Waals surface area contributed by atoms with Crippen molar-refractivity contribution in [1.29, 1.82) is 0 Å². The van der Waals surface area contributed by atoms with Gasteiger partial charge in [0.2, 0.25) is 0 Å². The smallest absolute Gasteiger partial charge is 0.143 e. The molecule has 1 N–H and O–H groups in total. The molecule has 0 aliphatic rings. The normalized spacial score (nSPS) is 9.00. The van der Waals surface area contributed by atoms with E-state index in [-0.39, 0.29) is 6.79 Å². The number of ether oxygens (including phenoxy) is 1. The Bertz CT molecular complexity index is 44.5. The number of rotatable bonds is 4. The van der Waals surface area contributed by atoms with E-state index in [0.29, 0.717) is 12.5 Å². The van der Waals surface area contributed by atoms with E-state index in [0.717, 1.165) is 6.42 Å². The minimum absolute atomic E-state index is 0.146. The summed E-state index contributed by atoms with van der Waals surface area (Å²) in [5.74, 6) is 0.668. The van der Waals surface area contributed by atoms with Crippen LogP contribution in [-0.2, 0) is 4.74 Å². The van der Waals surface area contributed by atoms with Crippen molar-refractivity contribution in [2.24, 2.45) is 5.92 Å². The minimum Gasteiger partial charge on any atom is -0.371 e. The first-order chi connectivity index (χ1) is 4.77. The van der Waals surface area contributed by atoms with Gasteiger partial charge in [0.15, 0.2) is 0 Å². The van der Waals surface area contributed by atoms with Gasteiger partial charge < -0.3 is 9.84 Å². The molecular formula is C8H20O2. The molecule has 0 unspecified atom stereocenters. The van der Waals surface area contributed by atoms with Crippen molar-refractivity contribution in [2.45, 2.75) is 34.1 Å². The summed E-state index contributed by atoms with van der Waals surface area (Å²) < 4.78 is 4.70. The van der Waals surface area contributed by atoms with Gasteiger partial charge in [-0.2, -0.15) is 0 Å². The van der Waals surface area contributed by atoms with Crippen molar-refractivity contribution < 1.29 is 9.84 Å². The Morgan fingerprint density at radius 3 is 2.10 bits per heavy atom. The molecule has 0 bridgehead atoms. The Morgan fingerprint density at radius 2 is 1.80 bits per heavy atom. The van der Waals surface area contributed by atoms with E-state index in [1.807, 2.05) is 13.8 Å². The summed E-state index contributed by atoms with van der Waals surface area (Å²) in [5.41, 5.74) is 0. The van der Waals surface area contributed by atoms with Gasteiger partial charge in [0.1, 0.15) is 6.79 Å². The Labute approximate surface area is 64.2 Å². The molecule has 0 rings (SSSR count).